The fraction of sp³-hybridized carbons (Fsp3) is 0.158. The van der Waals surface area contributed by atoms with Crippen molar-refractivity contribution in [3.8, 4) is 0 Å². The molecule has 1 aliphatic heterocycles. The quantitative estimate of drug-likeness (QED) is 0.769. The van der Waals surface area contributed by atoms with Crippen molar-refractivity contribution in [2.24, 2.45) is 0 Å². The molecule has 0 spiro atoms. The van der Waals surface area contributed by atoms with Crippen molar-refractivity contribution in [2.75, 3.05) is 18.1 Å². The molecule has 4 rings (SSSR count). The summed E-state index contributed by atoms with van der Waals surface area (Å²) in [6, 6.07) is 15.1. The van der Waals surface area contributed by atoms with Gasteiger partial charge in [-0.3, -0.25) is 9.69 Å². The van der Waals surface area contributed by atoms with Crippen molar-refractivity contribution >= 4 is 28.6 Å². The highest BCUT2D eigenvalue weighted by molar-refractivity contribution is 6.05. The molecule has 0 atom stereocenters. The highest BCUT2D eigenvalue weighted by Crippen LogP contribution is 2.20. The Morgan fingerprint density at radius 2 is 2.00 bits per heavy atom. The largest absolute Gasteiger partial charge is 0.447 e. The van der Waals surface area contributed by atoms with Gasteiger partial charge >= 0.3 is 6.09 Å². The van der Waals surface area contributed by atoms with Gasteiger partial charge < -0.3 is 15.0 Å². The number of hydrogen-bond donors (Lipinski definition) is 2. The highest BCUT2D eigenvalue weighted by Gasteiger charge is 2.23. The molecule has 3 aromatic rings. The SMILES string of the molecule is O=C(NCc1ccc(N2CCOC2=O)cc1)c1cccc2cc[nH]c12. The van der Waals surface area contributed by atoms with Crippen LogP contribution in [0, 0.1) is 0 Å². The molecule has 2 N–H and O–H groups in total. The maximum absolute atomic E-state index is 12.4. The lowest BCUT2D eigenvalue weighted by atomic mass is 10.1. The lowest BCUT2D eigenvalue weighted by Crippen LogP contribution is -2.24. The summed E-state index contributed by atoms with van der Waals surface area (Å²) in [5.41, 5.74) is 3.22. The van der Waals surface area contributed by atoms with Gasteiger partial charge in [-0.25, -0.2) is 4.79 Å². The fourth-order valence-corrected chi connectivity index (χ4v) is 2.97. The van der Waals surface area contributed by atoms with E-state index in [0.717, 1.165) is 22.2 Å². The summed E-state index contributed by atoms with van der Waals surface area (Å²) in [7, 11) is 0. The van der Waals surface area contributed by atoms with E-state index in [0.29, 0.717) is 25.3 Å². The summed E-state index contributed by atoms with van der Waals surface area (Å²) in [6.45, 7) is 1.40. The zero-order chi connectivity index (χ0) is 17.2. The molecule has 6 heteroatoms. The molecule has 6 nitrogen and oxygen atoms in total. The van der Waals surface area contributed by atoms with Gasteiger partial charge in [0.25, 0.3) is 5.91 Å². The van der Waals surface area contributed by atoms with Gasteiger partial charge in [-0.2, -0.15) is 0 Å². The van der Waals surface area contributed by atoms with Crippen molar-refractivity contribution in [3.63, 3.8) is 0 Å². The molecule has 2 amide bonds. The molecular formula is C19H17N3O3. The third-order valence-corrected chi connectivity index (χ3v) is 4.29. The van der Waals surface area contributed by atoms with Crippen LogP contribution in [0.3, 0.4) is 0 Å². The van der Waals surface area contributed by atoms with Gasteiger partial charge in [0.2, 0.25) is 0 Å². The van der Waals surface area contributed by atoms with E-state index in [9.17, 15) is 9.59 Å². The fourth-order valence-electron chi connectivity index (χ4n) is 2.97. The number of H-pyrrole nitrogens is 1. The Kier molecular flexibility index (Phi) is 3.85. The number of fused-ring (bicyclic) bond motifs is 1. The number of ether oxygens (including phenoxy) is 1. The van der Waals surface area contributed by atoms with Crippen molar-refractivity contribution < 1.29 is 14.3 Å². The summed E-state index contributed by atoms with van der Waals surface area (Å²) < 4.78 is 4.93. The van der Waals surface area contributed by atoms with Crippen LogP contribution >= 0.6 is 0 Å². The first kappa shape index (κ1) is 15.3. The molecule has 1 aromatic heterocycles. The lowest BCUT2D eigenvalue weighted by Gasteiger charge is -2.13. The number of nitrogens with one attached hydrogen (secondary N) is 2. The molecule has 1 saturated heterocycles. The molecule has 0 radical (unpaired) electrons. The third kappa shape index (κ3) is 2.94. The Balaban J connectivity index is 1.43. The number of benzene rings is 2. The molecule has 126 valence electrons. The van der Waals surface area contributed by atoms with Crippen molar-refractivity contribution in [1.82, 2.24) is 10.3 Å². The maximum atomic E-state index is 12.4. The van der Waals surface area contributed by atoms with Crippen LogP contribution in [0.4, 0.5) is 10.5 Å². The van der Waals surface area contributed by atoms with Crippen LogP contribution in [0.25, 0.3) is 10.9 Å². The van der Waals surface area contributed by atoms with E-state index < -0.39 is 0 Å². The molecule has 25 heavy (non-hydrogen) atoms. The van der Waals surface area contributed by atoms with Crippen LogP contribution in [0.1, 0.15) is 15.9 Å². The molecule has 0 saturated carbocycles. The van der Waals surface area contributed by atoms with E-state index in [2.05, 4.69) is 10.3 Å². The van der Waals surface area contributed by atoms with E-state index in [4.69, 9.17) is 4.74 Å². The zero-order valence-electron chi connectivity index (χ0n) is 13.5. The topological polar surface area (TPSA) is 74.4 Å². The second-order valence-electron chi connectivity index (χ2n) is 5.86. The summed E-state index contributed by atoms with van der Waals surface area (Å²) in [6.07, 6.45) is 1.50. The summed E-state index contributed by atoms with van der Waals surface area (Å²) in [5.74, 6) is -0.125. The number of anilines is 1. The first-order valence-electron chi connectivity index (χ1n) is 8.10. The number of amides is 2. The standard InChI is InChI=1S/C19H17N3O3/c23-18(16-3-1-2-14-8-9-20-17(14)16)21-12-13-4-6-15(7-5-13)22-10-11-25-19(22)24/h1-9,20H,10-12H2,(H,21,23). The summed E-state index contributed by atoms with van der Waals surface area (Å²) in [4.78, 5) is 28.7. The van der Waals surface area contributed by atoms with E-state index in [1.54, 1.807) is 11.0 Å². The number of hydrogen-bond acceptors (Lipinski definition) is 3. The van der Waals surface area contributed by atoms with E-state index in [1.807, 2.05) is 48.7 Å². The highest BCUT2D eigenvalue weighted by atomic mass is 16.6. The number of nitrogens with zero attached hydrogens (tertiary/aromatic N) is 1. The smallest absolute Gasteiger partial charge is 0.414 e. The average Bonchev–Trinajstić information content (AvgIpc) is 3.28. The molecule has 0 aliphatic carbocycles. The molecule has 2 aromatic carbocycles. The predicted octanol–water partition coefficient (Wildman–Crippen LogP) is 3.05. The Morgan fingerprint density at radius 1 is 1.16 bits per heavy atom. The third-order valence-electron chi connectivity index (χ3n) is 4.29. The van der Waals surface area contributed by atoms with Crippen LogP contribution in [-0.2, 0) is 11.3 Å². The minimum atomic E-state index is -0.319. The van der Waals surface area contributed by atoms with Gasteiger partial charge in [-0.05, 0) is 29.8 Å². The van der Waals surface area contributed by atoms with E-state index >= 15 is 0 Å². The van der Waals surface area contributed by atoms with E-state index in [-0.39, 0.29) is 12.0 Å². The summed E-state index contributed by atoms with van der Waals surface area (Å²) >= 11 is 0. The Morgan fingerprint density at radius 3 is 2.76 bits per heavy atom. The number of carbonyl (C=O) groups excluding carboxylic acids is 2. The van der Waals surface area contributed by atoms with Crippen LogP contribution in [-0.4, -0.2) is 30.1 Å². The molecule has 0 bridgehead atoms. The first-order valence-corrected chi connectivity index (χ1v) is 8.10. The van der Waals surface area contributed by atoms with E-state index in [1.165, 1.54) is 0 Å². The molecule has 2 heterocycles. The second-order valence-corrected chi connectivity index (χ2v) is 5.86. The van der Waals surface area contributed by atoms with Crippen LogP contribution < -0.4 is 10.2 Å². The number of para-hydroxylation sites is 1. The second kappa shape index (κ2) is 6.32. The van der Waals surface area contributed by atoms with Crippen LogP contribution in [0.2, 0.25) is 0 Å². The number of rotatable bonds is 4. The minimum absolute atomic E-state index is 0.125. The summed E-state index contributed by atoms with van der Waals surface area (Å²) in [5, 5.41) is 3.94. The number of cyclic esters (lactones) is 1. The Hall–Kier alpha value is -3.28. The first-order chi connectivity index (χ1) is 12.2. The molecule has 1 aliphatic rings. The molecule has 1 fully saturated rings. The minimum Gasteiger partial charge on any atom is -0.447 e. The van der Waals surface area contributed by atoms with Crippen molar-refractivity contribution in [2.45, 2.75) is 6.54 Å². The van der Waals surface area contributed by atoms with Gasteiger partial charge in [0.15, 0.2) is 0 Å². The maximum Gasteiger partial charge on any atom is 0.414 e. The Bertz CT molecular complexity index is 930. The van der Waals surface area contributed by atoms with Gasteiger partial charge in [0.05, 0.1) is 17.6 Å². The van der Waals surface area contributed by atoms with Crippen LogP contribution in [0.15, 0.2) is 54.7 Å². The van der Waals surface area contributed by atoms with Crippen molar-refractivity contribution in [3.05, 3.63) is 65.9 Å². The normalized spacial score (nSPS) is 13.9. The van der Waals surface area contributed by atoms with Crippen LogP contribution in [0.5, 0.6) is 0 Å². The molecular weight excluding hydrogens is 318 g/mol. The Labute approximate surface area is 144 Å². The van der Waals surface area contributed by atoms with Gasteiger partial charge in [-0.1, -0.05) is 24.3 Å². The average molecular weight is 335 g/mol. The van der Waals surface area contributed by atoms with Crippen molar-refractivity contribution in [1.29, 1.82) is 0 Å². The lowest BCUT2D eigenvalue weighted by molar-refractivity contribution is 0.0952. The van der Waals surface area contributed by atoms with Gasteiger partial charge in [0.1, 0.15) is 6.61 Å². The number of aromatic amines is 1. The number of carbonyl (C=O) groups is 2. The van der Waals surface area contributed by atoms with Gasteiger partial charge in [0, 0.05) is 23.8 Å². The monoisotopic (exact) mass is 335 g/mol. The molecule has 0 unspecified atom stereocenters. The number of aromatic nitrogens is 1. The van der Waals surface area contributed by atoms with Gasteiger partial charge in [-0.15, -0.1) is 0 Å². The zero-order valence-corrected chi connectivity index (χ0v) is 13.5. The predicted molar refractivity (Wildman–Crippen MR) is 94.6 cm³/mol.